The normalized spacial score (nSPS) is 21.9. The number of thioether (sulfide) groups is 1. The lowest BCUT2D eigenvalue weighted by atomic mass is 10.0. The van der Waals surface area contributed by atoms with Crippen molar-refractivity contribution in [2.45, 2.75) is 12.6 Å². The first-order valence-electron chi connectivity index (χ1n) is 6.39. The molecular weight excluding hydrogens is 324 g/mol. The van der Waals surface area contributed by atoms with Gasteiger partial charge in [0.05, 0.1) is 10.8 Å². The third-order valence-electron chi connectivity index (χ3n) is 3.37. The van der Waals surface area contributed by atoms with Gasteiger partial charge in [-0.2, -0.15) is 0 Å². The summed E-state index contributed by atoms with van der Waals surface area (Å²) >= 11 is 12.7. The molecule has 0 amide bonds. The van der Waals surface area contributed by atoms with Crippen molar-refractivity contribution in [1.82, 2.24) is 4.98 Å². The van der Waals surface area contributed by atoms with Crippen LogP contribution < -0.4 is 4.90 Å². The number of hydrogen-bond acceptors (Lipinski definition) is 4. The zero-order valence-corrected chi connectivity index (χ0v) is 13.7. The van der Waals surface area contributed by atoms with Crippen molar-refractivity contribution in [3.63, 3.8) is 0 Å². The van der Waals surface area contributed by atoms with Gasteiger partial charge in [-0.25, -0.2) is 4.98 Å². The maximum Gasteiger partial charge on any atom is 0.180 e. The number of aromatic nitrogens is 1. The van der Waals surface area contributed by atoms with Gasteiger partial charge in [-0.05, 0) is 19.1 Å². The topological polar surface area (TPSA) is 36.4 Å². The molecule has 1 N–H and O–H groups in total. The van der Waals surface area contributed by atoms with E-state index in [9.17, 15) is 5.11 Å². The fourth-order valence-corrected chi connectivity index (χ4v) is 3.86. The van der Waals surface area contributed by atoms with Crippen LogP contribution in [0.4, 0.5) is 5.82 Å². The molecular formula is C15H13ClN2OS2. The minimum Gasteiger partial charge on any atom is -0.366 e. The fraction of sp³-hybridized carbons (Fsp3) is 0.200. The molecule has 1 saturated heterocycles. The lowest BCUT2D eigenvalue weighted by molar-refractivity contribution is 0.0765. The molecule has 1 unspecified atom stereocenters. The van der Waals surface area contributed by atoms with Crippen LogP contribution in [0.25, 0.3) is 0 Å². The highest BCUT2D eigenvalue weighted by Crippen LogP contribution is 2.41. The van der Waals surface area contributed by atoms with Gasteiger partial charge in [0.25, 0.3) is 0 Å². The summed E-state index contributed by atoms with van der Waals surface area (Å²) < 4.78 is 0.605. The van der Waals surface area contributed by atoms with Crippen LogP contribution in [0.5, 0.6) is 0 Å². The first-order valence-corrected chi connectivity index (χ1v) is 8.16. The summed E-state index contributed by atoms with van der Waals surface area (Å²) in [5, 5.41) is 11.7. The van der Waals surface area contributed by atoms with Crippen molar-refractivity contribution < 1.29 is 5.11 Å². The first-order chi connectivity index (χ1) is 10.0. The van der Waals surface area contributed by atoms with Gasteiger partial charge in [-0.1, -0.05) is 65.4 Å². The maximum absolute atomic E-state index is 11.2. The molecule has 1 aliphatic heterocycles. The number of nitrogens with zero attached hydrogens (tertiary/aromatic N) is 2. The molecule has 2 aromatic rings. The van der Waals surface area contributed by atoms with Gasteiger partial charge in [0, 0.05) is 11.8 Å². The minimum absolute atomic E-state index is 0.472. The van der Waals surface area contributed by atoms with Gasteiger partial charge in [0.2, 0.25) is 0 Å². The van der Waals surface area contributed by atoms with Gasteiger partial charge in [-0.15, -0.1) is 0 Å². The van der Waals surface area contributed by atoms with E-state index in [0.717, 1.165) is 11.1 Å². The summed E-state index contributed by atoms with van der Waals surface area (Å²) in [6.07, 6.45) is 1.55. The Bertz CT molecular complexity index is 692. The average Bonchev–Trinajstić information content (AvgIpc) is 2.77. The predicted octanol–water partition coefficient (Wildman–Crippen LogP) is 3.73. The monoisotopic (exact) mass is 336 g/mol. The Labute approximate surface area is 138 Å². The van der Waals surface area contributed by atoms with E-state index < -0.39 is 5.72 Å². The molecule has 1 aliphatic rings. The molecule has 0 aliphatic carbocycles. The molecule has 1 aromatic carbocycles. The van der Waals surface area contributed by atoms with Crippen LogP contribution in [0.2, 0.25) is 5.02 Å². The summed E-state index contributed by atoms with van der Waals surface area (Å²) in [5.41, 5.74) is 0.716. The molecule has 0 saturated carbocycles. The lowest BCUT2D eigenvalue weighted by Gasteiger charge is -2.33. The number of anilines is 1. The van der Waals surface area contributed by atoms with Crippen molar-refractivity contribution in [1.29, 1.82) is 0 Å². The van der Waals surface area contributed by atoms with Crippen molar-refractivity contribution >= 4 is 45.7 Å². The van der Waals surface area contributed by atoms with E-state index in [4.69, 9.17) is 23.8 Å². The highest BCUT2D eigenvalue weighted by Gasteiger charge is 2.45. The second kappa shape index (κ2) is 5.57. The molecule has 3 nitrogen and oxygen atoms in total. The molecule has 3 rings (SSSR count). The summed E-state index contributed by atoms with van der Waals surface area (Å²) in [7, 11) is 0. The van der Waals surface area contributed by atoms with E-state index in [2.05, 4.69) is 4.98 Å². The number of benzene rings is 1. The molecule has 0 bridgehead atoms. The smallest absolute Gasteiger partial charge is 0.180 e. The summed E-state index contributed by atoms with van der Waals surface area (Å²) in [6, 6.07) is 11.3. The SMILES string of the molecule is Cc1cccc(C2(O)CSC(=S)N2c2ccc(Cl)cn2)c1. The minimum atomic E-state index is -1.19. The van der Waals surface area contributed by atoms with Crippen LogP contribution in [0.1, 0.15) is 11.1 Å². The van der Waals surface area contributed by atoms with Gasteiger partial charge >= 0.3 is 0 Å². The van der Waals surface area contributed by atoms with Gasteiger partial charge in [0.15, 0.2) is 5.72 Å². The molecule has 1 aromatic heterocycles. The first kappa shape index (κ1) is 14.8. The van der Waals surface area contributed by atoms with Crippen LogP contribution in [0, 0.1) is 6.92 Å². The fourth-order valence-electron chi connectivity index (χ4n) is 2.33. The molecule has 6 heteroatoms. The second-order valence-electron chi connectivity index (χ2n) is 4.91. The Morgan fingerprint density at radius 1 is 1.38 bits per heavy atom. The summed E-state index contributed by atoms with van der Waals surface area (Å²) in [5.74, 6) is 1.07. The van der Waals surface area contributed by atoms with E-state index in [0.29, 0.717) is 20.9 Å². The van der Waals surface area contributed by atoms with E-state index in [-0.39, 0.29) is 0 Å². The predicted molar refractivity (Wildman–Crippen MR) is 91.9 cm³/mol. The van der Waals surface area contributed by atoms with Crippen LogP contribution in [-0.4, -0.2) is 20.2 Å². The molecule has 1 fully saturated rings. The molecule has 0 spiro atoms. The summed E-state index contributed by atoms with van der Waals surface area (Å²) in [4.78, 5) is 5.98. The van der Waals surface area contributed by atoms with Crippen molar-refractivity contribution in [3.8, 4) is 0 Å². The number of rotatable bonds is 2. The van der Waals surface area contributed by atoms with Gasteiger partial charge in [-0.3, -0.25) is 4.90 Å². The van der Waals surface area contributed by atoms with Crippen molar-refractivity contribution in [2.24, 2.45) is 0 Å². The quantitative estimate of drug-likeness (QED) is 0.846. The van der Waals surface area contributed by atoms with Crippen LogP contribution in [-0.2, 0) is 5.72 Å². The Hall–Kier alpha value is -1.14. The maximum atomic E-state index is 11.2. The number of pyridine rings is 1. The van der Waals surface area contributed by atoms with E-state index in [1.807, 2.05) is 31.2 Å². The zero-order chi connectivity index (χ0) is 15.0. The molecule has 21 heavy (non-hydrogen) atoms. The number of thiocarbonyl (C=S) groups is 1. The van der Waals surface area contributed by atoms with Crippen LogP contribution in [0.3, 0.4) is 0 Å². The Balaban J connectivity index is 2.08. The standard InChI is InChI=1S/C15H13ClN2OS2/c1-10-3-2-4-11(7-10)15(19)9-21-14(20)18(15)13-6-5-12(16)8-17-13/h2-8,19H,9H2,1H3. The van der Waals surface area contributed by atoms with Crippen LogP contribution >= 0.6 is 35.6 Å². The number of aliphatic hydroxyl groups is 1. The lowest BCUT2D eigenvalue weighted by Crippen LogP contribution is -2.45. The van der Waals surface area contributed by atoms with E-state index in [1.165, 1.54) is 11.8 Å². The third-order valence-corrected chi connectivity index (χ3v) is 5.11. The molecule has 0 radical (unpaired) electrons. The Morgan fingerprint density at radius 2 is 2.19 bits per heavy atom. The Morgan fingerprint density at radius 3 is 2.86 bits per heavy atom. The Kier molecular flexibility index (Phi) is 3.92. The number of halogens is 1. The van der Waals surface area contributed by atoms with Crippen molar-refractivity contribution in [3.05, 3.63) is 58.7 Å². The van der Waals surface area contributed by atoms with Crippen LogP contribution in [0.15, 0.2) is 42.6 Å². The average molecular weight is 337 g/mol. The van der Waals surface area contributed by atoms with E-state index in [1.54, 1.807) is 23.2 Å². The van der Waals surface area contributed by atoms with Gasteiger partial charge in [0.1, 0.15) is 10.1 Å². The highest BCUT2D eigenvalue weighted by atomic mass is 35.5. The van der Waals surface area contributed by atoms with Crippen molar-refractivity contribution in [2.75, 3.05) is 10.7 Å². The second-order valence-corrected chi connectivity index (χ2v) is 6.96. The third kappa shape index (κ3) is 2.66. The summed E-state index contributed by atoms with van der Waals surface area (Å²) in [6.45, 7) is 2.00. The highest BCUT2D eigenvalue weighted by molar-refractivity contribution is 8.23. The van der Waals surface area contributed by atoms with Gasteiger partial charge < -0.3 is 5.11 Å². The zero-order valence-electron chi connectivity index (χ0n) is 11.3. The molecule has 1 atom stereocenters. The molecule has 2 heterocycles. The number of hydrogen-bond donors (Lipinski definition) is 1. The van der Waals surface area contributed by atoms with E-state index >= 15 is 0 Å². The number of aryl methyl sites for hydroxylation is 1. The largest absolute Gasteiger partial charge is 0.366 e. The molecule has 108 valence electrons.